The molecule has 0 saturated carbocycles. The molecule has 2 nitrogen and oxygen atoms in total. The molecule has 1 rings (SSSR count). The van der Waals surface area contributed by atoms with E-state index in [0.29, 0.717) is 17.5 Å². The Labute approximate surface area is 122 Å². The van der Waals surface area contributed by atoms with Gasteiger partial charge in [-0.3, -0.25) is 4.90 Å². The first-order valence-electron chi connectivity index (χ1n) is 7.11. The zero-order chi connectivity index (χ0) is 15.1. The molecular formula is C17H25FN2. The first-order chi connectivity index (χ1) is 9.43. The molecule has 3 heteroatoms. The van der Waals surface area contributed by atoms with Gasteiger partial charge in [0, 0.05) is 12.6 Å². The van der Waals surface area contributed by atoms with Crippen LogP contribution in [0.3, 0.4) is 0 Å². The van der Waals surface area contributed by atoms with Crippen LogP contribution in [0.1, 0.15) is 38.3 Å². The van der Waals surface area contributed by atoms with Crippen LogP contribution in [0.15, 0.2) is 18.2 Å². The molecular weight excluding hydrogens is 251 g/mol. The van der Waals surface area contributed by atoms with Gasteiger partial charge in [0.15, 0.2) is 0 Å². The zero-order valence-corrected chi connectivity index (χ0v) is 12.9. The summed E-state index contributed by atoms with van der Waals surface area (Å²) in [5.74, 6) is 5.87. The van der Waals surface area contributed by atoms with Gasteiger partial charge in [0.05, 0.1) is 12.1 Å². The predicted molar refractivity (Wildman–Crippen MR) is 82.7 cm³/mol. The number of hydrogen-bond donors (Lipinski definition) is 1. The number of rotatable bonds is 5. The van der Waals surface area contributed by atoms with Gasteiger partial charge < -0.3 is 5.73 Å². The molecule has 0 fully saturated rings. The molecule has 1 unspecified atom stereocenters. The van der Waals surface area contributed by atoms with Crippen molar-refractivity contribution >= 4 is 0 Å². The molecule has 20 heavy (non-hydrogen) atoms. The van der Waals surface area contributed by atoms with E-state index in [1.54, 1.807) is 0 Å². The van der Waals surface area contributed by atoms with Gasteiger partial charge in [0.25, 0.3) is 0 Å². The second-order valence-corrected chi connectivity index (χ2v) is 5.71. The Morgan fingerprint density at radius 2 is 2.00 bits per heavy atom. The van der Waals surface area contributed by atoms with Gasteiger partial charge >= 0.3 is 0 Å². The minimum atomic E-state index is -0.285. The maximum Gasteiger partial charge on any atom is 0.138 e. The van der Waals surface area contributed by atoms with Crippen LogP contribution in [0, 0.1) is 23.6 Å². The Morgan fingerprint density at radius 3 is 2.60 bits per heavy atom. The normalized spacial score (nSPS) is 12.4. The summed E-state index contributed by atoms with van der Waals surface area (Å²) in [6.45, 7) is 7.71. The molecule has 0 aromatic heterocycles. The lowest BCUT2D eigenvalue weighted by Gasteiger charge is -2.26. The molecule has 0 aliphatic carbocycles. The summed E-state index contributed by atoms with van der Waals surface area (Å²) in [5, 5.41) is 0. The molecule has 1 aromatic rings. The molecule has 0 heterocycles. The Hall–Kier alpha value is -1.37. The summed E-state index contributed by atoms with van der Waals surface area (Å²) in [5.41, 5.74) is 6.83. The van der Waals surface area contributed by atoms with Crippen LogP contribution in [-0.2, 0) is 6.54 Å². The summed E-state index contributed by atoms with van der Waals surface area (Å²) < 4.78 is 13.6. The maximum absolute atomic E-state index is 13.6. The van der Waals surface area contributed by atoms with E-state index in [0.717, 1.165) is 18.5 Å². The van der Waals surface area contributed by atoms with Crippen LogP contribution in [0.25, 0.3) is 0 Å². The van der Waals surface area contributed by atoms with Crippen molar-refractivity contribution in [2.75, 3.05) is 13.6 Å². The van der Waals surface area contributed by atoms with E-state index in [9.17, 15) is 4.39 Å². The van der Waals surface area contributed by atoms with Crippen molar-refractivity contribution in [1.82, 2.24) is 4.90 Å². The van der Waals surface area contributed by atoms with Crippen LogP contribution >= 0.6 is 0 Å². The molecule has 0 aliphatic heterocycles. The van der Waals surface area contributed by atoms with Crippen molar-refractivity contribution in [2.45, 2.75) is 39.8 Å². The Bertz CT molecular complexity index is 485. The smallest absolute Gasteiger partial charge is 0.138 e. The van der Waals surface area contributed by atoms with E-state index in [4.69, 9.17) is 5.73 Å². The summed E-state index contributed by atoms with van der Waals surface area (Å²) in [7, 11) is 2.10. The van der Waals surface area contributed by atoms with Crippen molar-refractivity contribution in [3.63, 3.8) is 0 Å². The molecule has 0 saturated heterocycles. The van der Waals surface area contributed by atoms with Gasteiger partial charge in [-0.1, -0.05) is 31.8 Å². The molecule has 2 N–H and O–H groups in total. The predicted octanol–water partition coefficient (Wildman–Crippen LogP) is 3.00. The third kappa shape index (κ3) is 5.32. The highest BCUT2D eigenvalue weighted by Gasteiger charge is 2.12. The topological polar surface area (TPSA) is 29.3 Å². The van der Waals surface area contributed by atoms with Crippen LogP contribution in [0.4, 0.5) is 4.39 Å². The monoisotopic (exact) mass is 276 g/mol. The highest BCUT2D eigenvalue weighted by molar-refractivity contribution is 5.38. The lowest BCUT2D eigenvalue weighted by molar-refractivity contribution is 0.220. The van der Waals surface area contributed by atoms with Crippen molar-refractivity contribution in [1.29, 1.82) is 0 Å². The Morgan fingerprint density at radius 1 is 1.30 bits per heavy atom. The van der Waals surface area contributed by atoms with Crippen molar-refractivity contribution in [3.05, 3.63) is 35.1 Å². The van der Waals surface area contributed by atoms with E-state index >= 15 is 0 Å². The fourth-order valence-corrected chi connectivity index (χ4v) is 2.22. The molecule has 0 amide bonds. The van der Waals surface area contributed by atoms with Gasteiger partial charge in [0.2, 0.25) is 0 Å². The van der Waals surface area contributed by atoms with Crippen molar-refractivity contribution < 1.29 is 4.39 Å². The van der Waals surface area contributed by atoms with Crippen molar-refractivity contribution in [3.8, 4) is 11.8 Å². The fraction of sp³-hybridized carbons (Fsp3) is 0.529. The first kappa shape index (κ1) is 16.7. The summed E-state index contributed by atoms with van der Waals surface area (Å²) >= 11 is 0. The standard InChI is InChI=1S/C17H25FN2/c1-13(2)10-14(3)20(4)12-15-7-8-17(18)16(11-15)6-5-9-19/h7-8,11,13-14H,9-10,12,19H2,1-4H3. The SMILES string of the molecule is CC(C)CC(C)N(C)Cc1ccc(F)c(C#CCN)c1. The fourth-order valence-electron chi connectivity index (χ4n) is 2.22. The number of benzene rings is 1. The van der Waals surface area contributed by atoms with Crippen LogP contribution in [0.2, 0.25) is 0 Å². The number of halogens is 1. The van der Waals surface area contributed by atoms with E-state index in [-0.39, 0.29) is 12.4 Å². The van der Waals surface area contributed by atoms with Crippen molar-refractivity contribution in [2.24, 2.45) is 11.7 Å². The van der Waals surface area contributed by atoms with E-state index in [1.807, 2.05) is 12.1 Å². The van der Waals surface area contributed by atoms with Crippen LogP contribution < -0.4 is 5.73 Å². The quantitative estimate of drug-likeness (QED) is 0.838. The minimum Gasteiger partial charge on any atom is -0.320 e. The number of nitrogens with zero attached hydrogens (tertiary/aromatic N) is 1. The van der Waals surface area contributed by atoms with Gasteiger partial charge in [0.1, 0.15) is 5.82 Å². The summed E-state index contributed by atoms with van der Waals surface area (Å²) in [6, 6.07) is 5.62. The second-order valence-electron chi connectivity index (χ2n) is 5.71. The molecule has 1 aromatic carbocycles. The van der Waals surface area contributed by atoms with Gasteiger partial charge in [-0.2, -0.15) is 0 Å². The Kier molecular flexibility index (Phi) is 6.70. The van der Waals surface area contributed by atoms with E-state index < -0.39 is 0 Å². The largest absolute Gasteiger partial charge is 0.320 e. The first-order valence-corrected chi connectivity index (χ1v) is 7.11. The molecule has 0 bridgehead atoms. The number of nitrogens with two attached hydrogens (primary N) is 1. The number of hydrogen-bond acceptors (Lipinski definition) is 2. The zero-order valence-electron chi connectivity index (χ0n) is 12.9. The minimum absolute atomic E-state index is 0.245. The van der Waals surface area contributed by atoms with Gasteiger partial charge in [-0.05, 0) is 44.0 Å². The Balaban J connectivity index is 2.77. The highest BCUT2D eigenvalue weighted by atomic mass is 19.1. The highest BCUT2D eigenvalue weighted by Crippen LogP contribution is 2.15. The van der Waals surface area contributed by atoms with E-state index in [2.05, 4.69) is 44.6 Å². The molecule has 0 radical (unpaired) electrons. The second kappa shape index (κ2) is 8.04. The lowest BCUT2D eigenvalue weighted by atomic mass is 10.0. The average Bonchev–Trinajstić information content (AvgIpc) is 2.38. The summed E-state index contributed by atoms with van der Waals surface area (Å²) in [6.07, 6.45) is 1.15. The van der Waals surface area contributed by atoms with Gasteiger partial charge in [-0.25, -0.2) is 4.39 Å². The average molecular weight is 276 g/mol. The molecule has 110 valence electrons. The van der Waals surface area contributed by atoms with Crippen LogP contribution in [-0.4, -0.2) is 24.5 Å². The third-order valence-corrected chi connectivity index (χ3v) is 3.35. The lowest BCUT2D eigenvalue weighted by Crippen LogP contribution is -2.29. The van der Waals surface area contributed by atoms with Gasteiger partial charge in [-0.15, -0.1) is 0 Å². The maximum atomic E-state index is 13.6. The third-order valence-electron chi connectivity index (χ3n) is 3.35. The molecule has 0 spiro atoms. The van der Waals surface area contributed by atoms with E-state index in [1.165, 1.54) is 6.07 Å². The van der Waals surface area contributed by atoms with Crippen LogP contribution in [0.5, 0.6) is 0 Å². The summed E-state index contributed by atoms with van der Waals surface area (Å²) in [4.78, 5) is 2.29. The molecule has 0 aliphatic rings. The molecule has 1 atom stereocenters.